The molecule has 120 valence electrons. The number of hydrogen-bond donors (Lipinski definition) is 1. The van der Waals surface area contributed by atoms with Crippen molar-refractivity contribution in [2.45, 2.75) is 40.7 Å². The third-order valence-corrected chi connectivity index (χ3v) is 3.87. The first-order valence-electron chi connectivity index (χ1n) is 8.08. The first-order chi connectivity index (χ1) is 11.0. The summed E-state index contributed by atoms with van der Waals surface area (Å²) < 4.78 is 1.88. The second kappa shape index (κ2) is 5.99. The van der Waals surface area contributed by atoms with Gasteiger partial charge >= 0.3 is 0 Å². The predicted octanol–water partition coefficient (Wildman–Crippen LogP) is 3.90. The summed E-state index contributed by atoms with van der Waals surface area (Å²) in [4.78, 5) is 16.8. The number of benzene rings is 1. The molecule has 0 radical (unpaired) electrons. The quantitative estimate of drug-likeness (QED) is 0.795. The van der Waals surface area contributed by atoms with E-state index < -0.39 is 0 Å². The van der Waals surface area contributed by atoms with Crippen LogP contribution in [0.1, 0.15) is 32.8 Å². The van der Waals surface area contributed by atoms with Gasteiger partial charge in [-0.1, -0.05) is 32.4 Å². The largest absolute Gasteiger partial charge is 0.308 e. The molecule has 2 heterocycles. The second-order valence-corrected chi connectivity index (χ2v) is 6.27. The Hall–Kier alpha value is -2.43. The monoisotopic (exact) mass is 310 g/mol. The smallest absolute Gasteiger partial charge is 0.228 e. The molecule has 0 saturated heterocycles. The third-order valence-electron chi connectivity index (χ3n) is 3.87. The van der Waals surface area contributed by atoms with Crippen LogP contribution in [0, 0.1) is 12.8 Å². The molecule has 0 fully saturated rings. The molecule has 0 atom stereocenters. The zero-order valence-electron chi connectivity index (χ0n) is 14.1. The van der Waals surface area contributed by atoms with E-state index in [0.29, 0.717) is 5.82 Å². The van der Waals surface area contributed by atoms with Gasteiger partial charge < -0.3 is 5.32 Å². The lowest BCUT2D eigenvalue weighted by Gasteiger charge is -2.05. The van der Waals surface area contributed by atoms with Crippen LogP contribution in [0.4, 0.5) is 5.82 Å². The minimum absolute atomic E-state index is 0.0302. The summed E-state index contributed by atoms with van der Waals surface area (Å²) in [6, 6.07) is 8.26. The maximum absolute atomic E-state index is 12.1. The zero-order valence-corrected chi connectivity index (χ0v) is 14.1. The molecule has 1 amide bonds. The van der Waals surface area contributed by atoms with Crippen LogP contribution in [0.15, 0.2) is 24.3 Å². The molecule has 2 aromatic heterocycles. The summed E-state index contributed by atoms with van der Waals surface area (Å²) >= 11 is 0. The van der Waals surface area contributed by atoms with Crippen molar-refractivity contribution in [2.24, 2.45) is 5.92 Å². The van der Waals surface area contributed by atoms with Gasteiger partial charge in [-0.2, -0.15) is 5.10 Å². The highest BCUT2D eigenvalue weighted by Crippen LogP contribution is 2.27. The van der Waals surface area contributed by atoms with Gasteiger partial charge in [-0.3, -0.25) is 4.79 Å². The molecular formula is C18H22N4O. The Morgan fingerprint density at radius 3 is 2.78 bits per heavy atom. The van der Waals surface area contributed by atoms with Crippen molar-refractivity contribution in [3.05, 3.63) is 29.8 Å². The molecule has 0 spiro atoms. The Morgan fingerprint density at radius 2 is 2.09 bits per heavy atom. The molecule has 5 nitrogen and oxygen atoms in total. The molecule has 0 unspecified atom stereocenters. The van der Waals surface area contributed by atoms with E-state index in [1.54, 1.807) is 0 Å². The van der Waals surface area contributed by atoms with Crippen LogP contribution in [0.5, 0.6) is 0 Å². The van der Waals surface area contributed by atoms with Gasteiger partial charge in [-0.25, -0.2) is 9.67 Å². The van der Waals surface area contributed by atoms with Gasteiger partial charge in [-0.05, 0) is 31.5 Å². The number of aromatic nitrogens is 3. The maximum atomic E-state index is 12.1. The summed E-state index contributed by atoms with van der Waals surface area (Å²) in [5.41, 5.74) is 2.96. The van der Waals surface area contributed by atoms with E-state index in [1.165, 1.54) is 5.56 Å². The van der Waals surface area contributed by atoms with E-state index in [2.05, 4.69) is 42.5 Å². The van der Waals surface area contributed by atoms with E-state index >= 15 is 0 Å². The third kappa shape index (κ3) is 2.91. The Balaban J connectivity index is 2.20. The van der Waals surface area contributed by atoms with Crippen LogP contribution in [-0.2, 0) is 11.3 Å². The number of amides is 1. The number of carbonyl (C=O) groups excluding carboxylic acids is 1. The number of anilines is 1. The van der Waals surface area contributed by atoms with Crippen LogP contribution >= 0.6 is 0 Å². The Labute approximate surface area is 135 Å². The predicted molar refractivity (Wildman–Crippen MR) is 93.5 cm³/mol. The van der Waals surface area contributed by atoms with Crippen molar-refractivity contribution in [3.8, 4) is 0 Å². The van der Waals surface area contributed by atoms with Crippen molar-refractivity contribution in [2.75, 3.05) is 5.32 Å². The topological polar surface area (TPSA) is 59.8 Å². The highest BCUT2D eigenvalue weighted by molar-refractivity contribution is 6.03. The summed E-state index contributed by atoms with van der Waals surface area (Å²) in [6.45, 7) is 8.68. The summed E-state index contributed by atoms with van der Waals surface area (Å²) in [5.74, 6) is 0.484. The minimum atomic E-state index is -0.0861. The number of carbonyl (C=O) groups is 1. The highest BCUT2D eigenvalue weighted by Gasteiger charge is 2.16. The average Bonchev–Trinajstić information content (AvgIpc) is 2.82. The molecule has 1 N–H and O–H groups in total. The van der Waals surface area contributed by atoms with Crippen molar-refractivity contribution in [3.63, 3.8) is 0 Å². The number of fused-ring (bicyclic) bond motifs is 2. The number of hydrogen-bond acceptors (Lipinski definition) is 3. The lowest BCUT2D eigenvalue weighted by molar-refractivity contribution is -0.118. The second-order valence-electron chi connectivity index (χ2n) is 6.27. The van der Waals surface area contributed by atoms with E-state index in [4.69, 9.17) is 4.98 Å². The summed E-state index contributed by atoms with van der Waals surface area (Å²) in [7, 11) is 0. The summed E-state index contributed by atoms with van der Waals surface area (Å²) in [5, 5.41) is 9.46. The van der Waals surface area contributed by atoms with Crippen LogP contribution < -0.4 is 5.32 Å². The van der Waals surface area contributed by atoms with Crippen LogP contribution in [0.3, 0.4) is 0 Å². The fourth-order valence-electron chi connectivity index (χ4n) is 2.60. The van der Waals surface area contributed by atoms with Crippen LogP contribution in [0.2, 0.25) is 0 Å². The van der Waals surface area contributed by atoms with Gasteiger partial charge in [-0.15, -0.1) is 0 Å². The number of aryl methyl sites for hydroxylation is 2. The first-order valence-corrected chi connectivity index (χ1v) is 8.08. The van der Waals surface area contributed by atoms with Crippen molar-refractivity contribution in [1.82, 2.24) is 14.8 Å². The SMILES string of the molecule is CCCn1nc(NC(=O)C(C)C)c2cc3cc(C)ccc3nc21. The Morgan fingerprint density at radius 1 is 1.30 bits per heavy atom. The normalized spacial score (nSPS) is 11.5. The molecule has 1 aromatic carbocycles. The lowest BCUT2D eigenvalue weighted by atomic mass is 10.1. The first kappa shape index (κ1) is 15.5. The van der Waals surface area contributed by atoms with Crippen LogP contribution in [-0.4, -0.2) is 20.7 Å². The molecular weight excluding hydrogens is 288 g/mol. The van der Waals surface area contributed by atoms with Crippen molar-refractivity contribution in [1.29, 1.82) is 0 Å². The zero-order chi connectivity index (χ0) is 16.6. The number of nitrogens with zero attached hydrogens (tertiary/aromatic N) is 3. The van der Waals surface area contributed by atoms with Crippen molar-refractivity contribution >= 4 is 33.7 Å². The molecule has 5 heteroatoms. The van der Waals surface area contributed by atoms with E-state index in [9.17, 15) is 4.79 Å². The standard InChI is InChI=1S/C18H22N4O/c1-5-8-22-17-14(16(21-22)20-18(23)11(2)3)10-13-9-12(4)6-7-15(13)19-17/h6-7,9-11H,5,8H2,1-4H3,(H,20,21,23). The Bertz CT molecular complexity index is 879. The number of rotatable bonds is 4. The average molecular weight is 310 g/mol. The molecule has 0 saturated carbocycles. The lowest BCUT2D eigenvalue weighted by Crippen LogP contribution is -2.18. The molecule has 3 aromatic rings. The number of pyridine rings is 1. The molecule has 3 rings (SSSR count). The molecule has 23 heavy (non-hydrogen) atoms. The molecule has 0 aliphatic heterocycles. The summed E-state index contributed by atoms with van der Waals surface area (Å²) in [6.07, 6.45) is 0.960. The molecule has 0 aliphatic rings. The van der Waals surface area contributed by atoms with Gasteiger partial charge in [0.15, 0.2) is 11.5 Å². The fourth-order valence-corrected chi connectivity index (χ4v) is 2.60. The maximum Gasteiger partial charge on any atom is 0.228 e. The van der Waals surface area contributed by atoms with Gasteiger partial charge in [0.2, 0.25) is 5.91 Å². The van der Waals surface area contributed by atoms with E-state index in [-0.39, 0.29) is 11.8 Å². The van der Waals surface area contributed by atoms with E-state index in [1.807, 2.05) is 24.6 Å². The molecule has 0 bridgehead atoms. The Kier molecular flexibility index (Phi) is 4.03. The van der Waals surface area contributed by atoms with Crippen molar-refractivity contribution < 1.29 is 4.79 Å². The highest BCUT2D eigenvalue weighted by atomic mass is 16.1. The van der Waals surface area contributed by atoms with Gasteiger partial charge in [0, 0.05) is 17.8 Å². The van der Waals surface area contributed by atoms with Gasteiger partial charge in [0.1, 0.15) is 0 Å². The van der Waals surface area contributed by atoms with Gasteiger partial charge in [0.05, 0.1) is 10.9 Å². The fraction of sp³-hybridized carbons (Fsp3) is 0.389. The molecule has 0 aliphatic carbocycles. The number of nitrogens with one attached hydrogen (secondary N) is 1. The van der Waals surface area contributed by atoms with Crippen LogP contribution in [0.25, 0.3) is 21.9 Å². The van der Waals surface area contributed by atoms with E-state index in [0.717, 1.165) is 34.9 Å². The minimum Gasteiger partial charge on any atom is -0.308 e. The van der Waals surface area contributed by atoms with Gasteiger partial charge in [0.25, 0.3) is 0 Å².